The summed E-state index contributed by atoms with van der Waals surface area (Å²) in [6, 6.07) is 11.8. The van der Waals surface area contributed by atoms with Crippen molar-refractivity contribution in [1.29, 1.82) is 0 Å². The maximum Gasteiger partial charge on any atom is 0.258 e. The number of hydrogen-bond acceptors (Lipinski definition) is 2. The van der Waals surface area contributed by atoms with Crippen LogP contribution < -0.4 is 10.6 Å². The highest BCUT2D eigenvalue weighted by molar-refractivity contribution is 9.10. The number of para-hydroxylation sites is 1. The van der Waals surface area contributed by atoms with E-state index in [0.29, 0.717) is 16.6 Å². The molecule has 0 radical (unpaired) electrons. The molecule has 0 fully saturated rings. The van der Waals surface area contributed by atoms with Crippen molar-refractivity contribution in [1.82, 2.24) is 0 Å². The lowest BCUT2D eigenvalue weighted by Crippen LogP contribution is -2.46. The van der Waals surface area contributed by atoms with Crippen LogP contribution in [0.15, 0.2) is 46.9 Å². The van der Waals surface area contributed by atoms with E-state index in [0.717, 1.165) is 17.7 Å². The van der Waals surface area contributed by atoms with E-state index in [2.05, 4.69) is 15.9 Å². The quantitative estimate of drug-likeness (QED) is 0.860. The third-order valence-electron chi connectivity index (χ3n) is 3.54. The molecule has 1 heterocycles. The van der Waals surface area contributed by atoms with Crippen LogP contribution in [0.5, 0.6) is 0 Å². The topological polar surface area (TPSA) is 46.3 Å². The van der Waals surface area contributed by atoms with Crippen LogP contribution in [0, 0.1) is 5.82 Å². The highest BCUT2D eigenvalue weighted by Crippen LogP contribution is 2.28. The average Bonchev–Trinajstić information content (AvgIpc) is 2.44. The average molecular weight is 349 g/mol. The van der Waals surface area contributed by atoms with Gasteiger partial charge in [0.1, 0.15) is 5.82 Å². The molecule has 5 heteroatoms. The molecule has 2 aromatic rings. The highest BCUT2D eigenvalue weighted by Gasteiger charge is 2.27. The van der Waals surface area contributed by atoms with E-state index in [9.17, 15) is 9.18 Å². The Morgan fingerprint density at radius 2 is 2.05 bits per heavy atom. The van der Waals surface area contributed by atoms with E-state index in [1.165, 1.54) is 12.1 Å². The van der Waals surface area contributed by atoms with Crippen molar-refractivity contribution in [3.8, 4) is 0 Å². The van der Waals surface area contributed by atoms with Gasteiger partial charge in [0.2, 0.25) is 0 Å². The van der Waals surface area contributed by atoms with Crippen LogP contribution in [-0.2, 0) is 6.42 Å². The molecule has 3 nitrogen and oxygen atoms in total. The summed E-state index contributed by atoms with van der Waals surface area (Å²) in [6.07, 6.45) is 0.743. The van der Waals surface area contributed by atoms with Crippen LogP contribution in [0.1, 0.15) is 15.9 Å². The molecule has 108 valence electrons. The van der Waals surface area contributed by atoms with Gasteiger partial charge in [-0.05, 0) is 36.2 Å². The van der Waals surface area contributed by atoms with Crippen molar-refractivity contribution >= 4 is 27.5 Å². The Bertz CT molecular complexity index is 684. The largest absolute Gasteiger partial charge is 0.326 e. The fraction of sp³-hybridized carbons (Fsp3) is 0.188. The number of benzene rings is 2. The molecule has 0 spiro atoms. The number of nitrogens with two attached hydrogens (primary N) is 1. The number of rotatable bonds is 1. The van der Waals surface area contributed by atoms with Crippen LogP contribution in [0.2, 0.25) is 0 Å². The van der Waals surface area contributed by atoms with Crippen molar-refractivity contribution < 1.29 is 9.18 Å². The number of amides is 1. The van der Waals surface area contributed by atoms with Gasteiger partial charge in [-0.3, -0.25) is 4.79 Å². The third-order valence-corrected chi connectivity index (χ3v) is 3.99. The Balaban J connectivity index is 2.02. The minimum atomic E-state index is -0.442. The van der Waals surface area contributed by atoms with Gasteiger partial charge in [-0.2, -0.15) is 0 Å². The zero-order valence-corrected chi connectivity index (χ0v) is 12.8. The van der Waals surface area contributed by atoms with Crippen molar-refractivity contribution in [2.45, 2.75) is 12.5 Å². The van der Waals surface area contributed by atoms with Crippen molar-refractivity contribution in [2.75, 3.05) is 11.4 Å². The number of anilines is 1. The molecule has 2 aromatic carbocycles. The van der Waals surface area contributed by atoms with Gasteiger partial charge in [-0.15, -0.1) is 0 Å². The normalized spacial score (nSPS) is 17.5. The minimum absolute atomic E-state index is 0.110. The molecule has 0 saturated heterocycles. The third kappa shape index (κ3) is 2.84. The lowest BCUT2D eigenvalue weighted by molar-refractivity contribution is 0.0983. The zero-order chi connectivity index (χ0) is 15.0. The Morgan fingerprint density at radius 1 is 1.29 bits per heavy atom. The molecule has 1 aliphatic rings. The van der Waals surface area contributed by atoms with Gasteiger partial charge in [-0.25, -0.2) is 4.39 Å². The van der Waals surface area contributed by atoms with E-state index in [-0.39, 0.29) is 11.9 Å². The van der Waals surface area contributed by atoms with Gasteiger partial charge in [0.05, 0.1) is 0 Å². The molecule has 1 atom stereocenters. The summed E-state index contributed by atoms with van der Waals surface area (Å²) in [4.78, 5) is 14.3. The molecule has 3 rings (SSSR count). The molecular formula is C16H14BrFN2O. The molecule has 0 bridgehead atoms. The molecule has 2 N–H and O–H groups in total. The fourth-order valence-corrected chi connectivity index (χ4v) is 3.12. The molecule has 21 heavy (non-hydrogen) atoms. The highest BCUT2D eigenvalue weighted by atomic mass is 79.9. The number of carbonyl (C=O) groups excluding carboxylic acids is 1. The van der Waals surface area contributed by atoms with Gasteiger partial charge in [-0.1, -0.05) is 34.1 Å². The summed E-state index contributed by atoms with van der Waals surface area (Å²) in [5, 5.41) is 0. The van der Waals surface area contributed by atoms with Gasteiger partial charge in [0.25, 0.3) is 5.91 Å². The molecule has 0 aromatic heterocycles. The number of halogens is 2. The lowest BCUT2D eigenvalue weighted by atomic mass is 9.97. The summed E-state index contributed by atoms with van der Waals surface area (Å²) in [6.45, 7) is 0.435. The Kier molecular flexibility index (Phi) is 3.78. The number of carbonyl (C=O) groups is 1. The first-order valence-corrected chi connectivity index (χ1v) is 7.45. The first kappa shape index (κ1) is 14.2. The predicted octanol–water partition coefficient (Wildman–Crippen LogP) is 3.12. The second-order valence-corrected chi connectivity index (χ2v) is 6.08. The van der Waals surface area contributed by atoms with Gasteiger partial charge < -0.3 is 10.6 Å². The van der Waals surface area contributed by atoms with E-state index in [1.807, 2.05) is 24.3 Å². The van der Waals surface area contributed by atoms with Crippen molar-refractivity contribution in [2.24, 2.45) is 5.73 Å². The second kappa shape index (κ2) is 5.58. The predicted molar refractivity (Wildman–Crippen MR) is 83.9 cm³/mol. The van der Waals surface area contributed by atoms with Crippen LogP contribution in [-0.4, -0.2) is 18.5 Å². The van der Waals surface area contributed by atoms with Gasteiger partial charge in [0, 0.05) is 28.3 Å². The molecule has 1 amide bonds. The summed E-state index contributed by atoms with van der Waals surface area (Å²) in [5.74, 6) is -0.680. The minimum Gasteiger partial charge on any atom is -0.326 e. The summed E-state index contributed by atoms with van der Waals surface area (Å²) in [7, 11) is 0. The Hall–Kier alpha value is -1.72. The van der Waals surface area contributed by atoms with Crippen molar-refractivity contribution in [3.63, 3.8) is 0 Å². The maximum atomic E-state index is 13.5. The first-order valence-electron chi connectivity index (χ1n) is 6.66. The van der Waals surface area contributed by atoms with E-state index in [1.54, 1.807) is 11.0 Å². The fourth-order valence-electron chi connectivity index (χ4n) is 2.65. The van der Waals surface area contributed by atoms with Crippen LogP contribution in [0.25, 0.3) is 0 Å². The molecule has 1 unspecified atom stereocenters. The molecule has 0 aliphatic carbocycles. The zero-order valence-electron chi connectivity index (χ0n) is 11.2. The number of hydrogen-bond donors (Lipinski definition) is 1. The van der Waals surface area contributed by atoms with E-state index in [4.69, 9.17) is 5.73 Å². The monoisotopic (exact) mass is 348 g/mol. The number of fused-ring (bicyclic) bond motifs is 1. The second-order valence-electron chi connectivity index (χ2n) is 5.17. The molecular weight excluding hydrogens is 335 g/mol. The first-order chi connectivity index (χ1) is 10.0. The van der Waals surface area contributed by atoms with Gasteiger partial charge in [0.15, 0.2) is 0 Å². The van der Waals surface area contributed by atoms with Crippen LogP contribution in [0.3, 0.4) is 0 Å². The molecule has 1 aliphatic heterocycles. The summed E-state index contributed by atoms with van der Waals surface area (Å²) >= 11 is 3.21. The molecule has 0 saturated carbocycles. The number of nitrogens with zero attached hydrogens (tertiary/aromatic N) is 1. The van der Waals surface area contributed by atoms with Crippen LogP contribution >= 0.6 is 15.9 Å². The summed E-state index contributed by atoms with van der Waals surface area (Å²) < 4.78 is 14.0. The maximum absolute atomic E-state index is 13.5. The van der Waals surface area contributed by atoms with E-state index >= 15 is 0 Å². The Labute approximate surface area is 130 Å². The van der Waals surface area contributed by atoms with Gasteiger partial charge >= 0.3 is 0 Å². The smallest absolute Gasteiger partial charge is 0.258 e. The van der Waals surface area contributed by atoms with Crippen LogP contribution in [0.4, 0.5) is 10.1 Å². The standard InChI is InChI=1S/C16H14BrFN2O/c17-12-5-11(6-13(18)8-12)16(21)20-9-14(19)7-10-3-1-2-4-15(10)20/h1-6,8,14H,7,9,19H2. The van der Waals surface area contributed by atoms with E-state index < -0.39 is 5.82 Å². The summed E-state index contributed by atoms with van der Waals surface area (Å²) in [5.41, 5.74) is 8.24. The SMILES string of the molecule is NC1Cc2ccccc2N(C(=O)c2cc(F)cc(Br)c2)C1. The lowest BCUT2D eigenvalue weighted by Gasteiger charge is -2.33. The Morgan fingerprint density at radius 3 is 2.81 bits per heavy atom. The van der Waals surface area contributed by atoms with Crippen molar-refractivity contribution in [3.05, 3.63) is 63.9 Å².